The quantitative estimate of drug-likeness (QED) is 0.671. The normalized spacial score (nSPS) is 21.2. The van der Waals surface area contributed by atoms with Gasteiger partial charge in [-0.15, -0.1) is 16.4 Å². The van der Waals surface area contributed by atoms with Crippen LogP contribution in [0.3, 0.4) is 0 Å². The summed E-state index contributed by atoms with van der Waals surface area (Å²) in [6, 6.07) is 2.13. The molecular formula is C20H22N6O3S. The highest BCUT2D eigenvalue weighted by Crippen LogP contribution is 2.33. The zero-order chi connectivity index (χ0) is 20.7. The Bertz CT molecular complexity index is 1100. The standard InChI is InChI=1S/C20H22N6O3S/c27-12-15-10-25(23-22-15)11-18(28)26-5-1-14-9-24(4-2-17(14)26)20(29)16-8-21-7-13-3-6-30-19(13)16/h3,6-8,10,14,17,27H,1-2,4-5,9,11-12H2/t14-,17+/m1/s1. The first-order valence-corrected chi connectivity index (χ1v) is 10.9. The van der Waals surface area contributed by atoms with Crippen LogP contribution in [-0.2, 0) is 17.9 Å². The molecule has 2 aliphatic heterocycles. The van der Waals surface area contributed by atoms with E-state index in [9.17, 15) is 9.59 Å². The summed E-state index contributed by atoms with van der Waals surface area (Å²) in [5.41, 5.74) is 1.11. The molecule has 1 N–H and O–H groups in total. The summed E-state index contributed by atoms with van der Waals surface area (Å²) in [5.74, 6) is 0.313. The summed E-state index contributed by atoms with van der Waals surface area (Å²) in [7, 11) is 0. The zero-order valence-corrected chi connectivity index (χ0v) is 17.2. The third-order valence-electron chi connectivity index (χ3n) is 6.08. The summed E-state index contributed by atoms with van der Waals surface area (Å²) in [5, 5.41) is 19.8. The first-order chi connectivity index (χ1) is 14.6. The van der Waals surface area contributed by atoms with Crippen molar-refractivity contribution in [1.82, 2.24) is 29.8 Å². The second-order valence-corrected chi connectivity index (χ2v) is 8.75. The molecule has 0 bridgehead atoms. The molecule has 0 unspecified atom stereocenters. The minimum Gasteiger partial charge on any atom is -0.390 e. The maximum Gasteiger partial charge on any atom is 0.256 e. The number of carbonyl (C=O) groups excluding carboxylic acids is 2. The molecule has 0 radical (unpaired) electrons. The predicted molar refractivity (Wildman–Crippen MR) is 110 cm³/mol. The van der Waals surface area contributed by atoms with Crippen LogP contribution in [0.25, 0.3) is 10.1 Å². The van der Waals surface area contributed by atoms with Gasteiger partial charge in [-0.3, -0.25) is 14.6 Å². The molecule has 2 amide bonds. The number of amides is 2. The topological polar surface area (TPSA) is 104 Å². The van der Waals surface area contributed by atoms with E-state index >= 15 is 0 Å². The van der Waals surface area contributed by atoms with Crippen LogP contribution in [-0.4, -0.2) is 72.4 Å². The van der Waals surface area contributed by atoms with E-state index in [1.807, 2.05) is 21.2 Å². The number of fused-ring (bicyclic) bond motifs is 2. The van der Waals surface area contributed by atoms with E-state index in [0.29, 0.717) is 30.9 Å². The Labute approximate surface area is 176 Å². The van der Waals surface area contributed by atoms with Gasteiger partial charge in [0, 0.05) is 43.5 Å². The molecule has 30 heavy (non-hydrogen) atoms. The molecule has 2 aliphatic rings. The Morgan fingerprint density at radius 2 is 2.13 bits per heavy atom. The van der Waals surface area contributed by atoms with E-state index < -0.39 is 0 Å². The van der Waals surface area contributed by atoms with Gasteiger partial charge in [-0.1, -0.05) is 5.21 Å². The van der Waals surface area contributed by atoms with Crippen LogP contribution in [0.2, 0.25) is 0 Å². The van der Waals surface area contributed by atoms with Crippen LogP contribution in [0.5, 0.6) is 0 Å². The number of nitrogens with zero attached hydrogens (tertiary/aromatic N) is 6. The number of aliphatic hydroxyl groups is 1. The Kier molecular flexibility index (Phi) is 4.95. The fourth-order valence-corrected chi connectivity index (χ4v) is 5.48. The van der Waals surface area contributed by atoms with Crippen molar-refractivity contribution >= 4 is 33.2 Å². The minimum atomic E-state index is -0.193. The van der Waals surface area contributed by atoms with Gasteiger partial charge >= 0.3 is 0 Å². The molecular weight excluding hydrogens is 404 g/mol. The van der Waals surface area contributed by atoms with Crippen molar-refractivity contribution in [3.05, 3.63) is 41.3 Å². The number of likely N-dealkylation sites (tertiary alicyclic amines) is 2. The number of carbonyl (C=O) groups is 2. The lowest BCUT2D eigenvalue weighted by Gasteiger charge is -2.38. The van der Waals surface area contributed by atoms with Gasteiger partial charge in [0.15, 0.2) is 0 Å². The van der Waals surface area contributed by atoms with Crippen molar-refractivity contribution in [1.29, 1.82) is 0 Å². The van der Waals surface area contributed by atoms with Gasteiger partial charge in [0.1, 0.15) is 12.2 Å². The minimum absolute atomic E-state index is 0.00391. The van der Waals surface area contributed by atoms with Crippen LogP contribution >= 0.6 is 11.3 Å². The number of pyridine rings is 1. The molecule has 5 rings (SSSR count). The van der Waals surface area contributed by atoms with Gasteiger partial charge in [0.25, 0.3) is 5.91 Å². The molecule has 0 aromatic carbocycles. The fourth-order valence-electron chi connectivity index (χ4n) is 4.61. The summed E-state index contributed by atoms with van der Waals surface area (Å²) in [4.78, 5) is 34.0. The number of aliphatic hydroxyl groups excluding tert-OH is 1. The van der Waals surface area contributed by atoms with Crippen LogP contribution < -0.4 is 0 Å². The maximum atomic E-state index is 13.2. The second-order valence-electron chi connectivity index (χ2n) is 7.83. The largest absolute Gasteiger partial charge is 0.390 e. The number of hydrogen-bond donors (Lipinski definition) is 1. The number of hydrogen-bond acceptors (Lipinski definition) is 7. The first-order valence-electron chi connectivity index (χ1n) is 10.0. The monoisotopic (exact) mass is 426 g/mol. The Morgan fingerprint density at radius 3 is 2.97 bits per heavy atom. The zero-order valence-electron chi connectivity index (χ0n) is 16.3. The van der Waals surface area contributed by atoms with Crippen LogP contribution in [0.4, 0.5) is 0 Å². The molecule has 2 fully saturated rings. The molecule has 0 aliphatic carbocycles. The molecule has 10 heteroatoms. The number of thiophene rings is 1. The average molecular weight is 427 g/mol. The molecule has 5 heterocycles. The van der Waals surface area contributed by atoms with Gasteiger partial charge in [-0.25, -0.2) is 4.68 Å². The summed E-state index contributed by atoms with van der Waals surface area (Å²) < 4.78 is 2.45. The molecule has 9 nitrogen and oxygen atoms in total. The third kappa shape index (κ3) is 3.35. The second kappa shape index (κ2) is 7.77. The maximum absolute atomic E-state index is 13.2. The van der Waals surface area contributed by atoms with Gasteiger partial charge in [0.2, 0.25) is 5.91 Å². The van der Waals surface area contributed by atoms with Crippen LogP contribution in [0, 0.1) is 5.92 Å². The smallest absolute Gasteiger partial charge is 0.256 e. The van der Waals surface area contributed by atoms with Crippen LogP contribution in [0.1, 0.15) is 28.9 Å². The molecule has 2 saturated heterocycles. The van der Waals surface area contributed by atoms with Gasteiger partial charge in [0.05, 0.1) is 23.1 Å². The third-order valence-corrected chi connectivity index (χ3v) is 7.04. The highest BCUT2D eigenvalue weighted by molar-refractivity contribution is 7.17. The van der Waals surface area contributed by atoms with E-state index in [0.717, 1.165) is 22.9 Å². The lowest BCUT2D eigenvalue weighted by Crippen LogP contribution is -2.49. The fraction of sp³-hybridized carbons (Fsp3) is 0.450. The Hall–Kier alpha value is -2.85. The lowest BCUT2D eigenvalue weighted by molar-refractivity contribution is -0.133. The van der Waals surface area contributed by atoms with E-state index in [1.54, 1.807) is 29.9 Å². The molecule has 0 spiro atoms. The van der Waals surface area contributed by atoms with Crippen molar-refractivity contribution in [2.45, 2.75) is 32.0 Å². The first kappa shape index (κ1) is 19.1. The highest BCUT2D eigenvalue weighted by atomic mass is 32.1. The summed E-state index contributed by atoms with van der Waals surface area (Å²) in [6.07, 6.45) is 6.70. The van der Waals surface area contributed by atoms with Gasteiger partial charge in [-0.05, 0) is 30.2 Å². The molecule has 0 saturated carbocycles. The van der Waals surface area contributed by atoms with Crippen LogP contribution in [0.15, 0.2) is 30.0 Å². The van der Waals surface area contributed by atoms with Gasteiger partial charge < -0.3 is 14.9 Å². The van der Waals surface area contributed by atoms with E-state index in [1.165, 1.54) is 4.68 Å². The lowest BCUT2D eigenvalue weighted by atomic mass is 9.92. The number of piperidine rings is 1. The molecule has 3 aromatic rings. The van der Waals surface area contributed by atoms with Crippen molar-refractivity contribution in [3.8, 4) is 0 Å². The molecule has 156 valence electrons. The van der Waals surface area contributed by atoms with E-state index in [4.69, 9.17) is 5.11 Å². The predicted octanol–water partition coefficient (Wildman–Crippen LogP) is 1.14. The SMILES string of the molecule is O=C(c1cncc2ccsc12)N1CC[C@H]2[C@H](CCN2C(=O)Cn2cc(CO)nn2)C1. The van der Waals surface area contributed by atoms with E-state index in [-0.39, 0.29) is 36.9 Å². The van der Waals surface area contributed by atoms with E-state index in [2.05, 4.69) is 15.3 Å². The summed E-state index contributed by atoms with van der Waals surface area (Å²) >= 11 is 1.56. The average Bonchev–Trinajstić information content (AvgIpc) is 3.51. The Morgan fingerprint density at radius 1 is 1.23 bits per heavy atom. The summed E-state index contributed by atoms with van der Waals surface area (Å²) in [6.45, 7) is 1.91. The van der Waals surface area contributed by atoms with Crippen molar-refractivity contribution in [3.63, 3.8) is 0 Å². The Balaban J connectivity index is 1.25. The number of rotatable bonds is 4. The van der Waals surface area contributed by atoms with Gasteiger partial charge in [-0.2, -0.15) is 0 Å². The van der Waals surface area contributed by atoms with Crippen molar-refractivity contribution in [2.24, 2.45) is 5.92 Å². The molecule has 2 atom stereocenters. The van der Waals surface area contributed by atoms with Crippen molar-refractivity contribution < 1.29 is 14.7 Å². The number of aromatic nitrogens is 4. The molecule has 3 aromatic heterocycles. The highest BCUT2D eigenvalue weighted by Gasteiger charge is 2.41. The van der Waals surface area contributed by atoms with Crippen molar-refractivity contribution in [2.75, 3.05) is 19.6 Å².